The molecule has 7 atom stereocenters. The van der Waals surface area contributed by atoms with Crippen LogP contribution in [0.1, 0.15) is 63.1 Å². The average Bonchev–Trinajstić information content (AvgIpc) is 3.55. The van der Waals surface area contributed by atoms with Gasteiger partial charge in [0.2, 0.25) is 0 Å². The van der Waals surface area contributed by atoms with Gasteiger partial charge in [-0.1, -0.05) is 66.6 Å². The molecule has 8 nitrogen and oxygen atoms in total. The van der Waals surface area contributed by atoms with E-state index in [-0.39, 0.29) is 24.9 Å². The molecule has 7 N–H and O–H groups in total. The lowest BCUT2D eigenvalue weighted by molar-refractivity contribution is -0.105. The third-order valence-electron chi connectivity index (χ3n) is 11.1. The van der Waals surface area contributed by atoms with E-state index in [0.717, 1.165) is 28.6 Å². The lowest BCUT2D eigenvalue weighted by Gasteiger charge is -2.41. The Morgan fingerprint density at radius 2 is 1.85 bits per heavy atom. The molecular formula is C39H50N4O4. The fourth-order valence-corrected chi connectivity index (χ4v) is 8.31. The molecule has 0 radical (unpaired) electrons. The fraction of sp³-hybridized carbons (Fsp3) is 0.513. The molecule has 47 heavy (non-hydrogen) atoms. The lowest BCUT2D eigenvalue weighted by atomic mass is 9.66. The highest BCUT2D eigenvalue weighted by Gasteiger charge is 2.62. The molecule has 6 rings (SSSR count). The Labute approximate surface area is 278 Å². The number of rotatable bonds is 10. The third kappa shape index (κ3) is 7.14. The summed E-state index contributed by atoms with van der Waals surface area (Å²) < 4.78 is 0. The van der Waals surface area contributed by atoms with Gasteiger partial charge in [-0.3, -0.25) is 4.99 Å². The maximum absolute atomic E-state index is 12.5. The molecule has 8 heteroatoms. The minimum atomic E-state index is -1.46. The second kappa shape index (κ2) is 13.9. The molecule has 0 aliphatic heterocycles. The number of aromatic amines is 1. The molecule has 2 aromatic carbocycles. The van der Waals surface area contributed by atoms with E-state index in [1.165, 1.54) is 5.56 Å². The highest BCUT2D eigenvalue weighted by molar-refractivity contribution is 5.81. The second-order valence-corrected chi connectivity index (χ2v) is 14.3. The quantitative estimate of drug-likeness (QED) is 0.0585. The van der Waals surface area contributed by atoms with Crippen LogP contribution in [-0.2, 0) is 12.8 Å². The second-order valence-electron chi connectivity index (χ2n) is 14.3. The first kappa shape index (κ1) is 33.3. The predicted molar refractivity (Wildman–Crippen MR) is 187 cm³/mol. The molecule has 2 bridgehead atoms. The first-order chi connectivity index (χ1) is 22.6. The van der Waals surface area contributed by atoms with E-state index in [1.807, 2.05) is 37.3 Å². The Hall–Kier alpha value is -3.61. The largest absolute Gasteiger partial charge is 0.396 e. The Balaban J connectivity index is 1.29. The van der Waals surface area contributed by atoms with Crippen molar-refractivity contribution in [3.63, 3.8) is 0 Å². The molecule has 3 aliphatic carbocycles. The number of guanidine groups is 1. The van der Waals surface area contributed by atoms with Gasteiger partial charge in [0.25, 0.3) is 0 Å². The van der Waals surface area contributed by atoms with Crippen molar-refractivity contribution in [2.75, 3.05) is 19.7 Å². The highest BCUT2D eigenvalue weighted by Crippen LogP contribution is 2.59. The van der Waals surface area contributed by atoms with Crippen LogP contribution in [0.2, 0.25) is 0 Å². The Morgan fingerprint density at radius 1 is 1.06 bits per heavy atom. The van der Waals surface area contributed by atoms with Gasteiger partial charge in [-0.05, 0) is 80.4 Å². The summed E-state index contributed by atoms with van der Waals surface area (Å²) in [6, 6.07) is 20.1. The summed E-state index contributed by atoms with van der Waals surface area (Å²) in [5.74, 6) is 6.87. The van der Waals surface area contributed by atoms with E-state index in [1.54, 1.807) is 0 Å². The van der Waals surface area contributed by atoms with Gasteiger partial charge in [0, 0.05) is 55.6 Å². The summed E-state index contributed by atoms with van der Waals surface area (Å²) in [5, 5.41) is 53.3. The topological polar surface area (TPSA) is 133 Å². The number of nitrogens with zero attached hydrogens (tertiary/aromatic N) is 1. The van der Waals surface area contributed by atoms with E-state index in [2.05, 4.69) is 64.4 Å². The van der Waals surface area contributed by atoms with Crippen LogP contribution in [-0.4, -0.2) is 74.4 Å². The van der Waals surface area contributed by atoms with Crippen molar-refractivity contribution in [2.45, 2.75) is 88.1 Å². The monoisotopic (exact) mass is 638 g/mol. The van der Waals surface area contributed by atoms with Gasteiger partial charge >= 0.3 is 0 Å². The number of aliphatic hydroxyl groups excluding tert-OH is 2. The average molecular weight is 639 g/mol. The smallest absolute Gasteiger partial charge is 0.192 e. The summed E-state index contributed by atoms with van der Waals surface area (Å²) in [6.45, 7) is 7.65. The number of fused-ring (bicyclic) bond motifs is 2. The third-order valence-corrected chi connectivity index (χ3v) is 11.1. The number of benzene rings is 2. The van der Waals surface area contributed by atoms with E-state index in [4.69, 9.17) is 4.99 Å². The maximum Gasteiger partial charge on any atom is 0.192 e. The van der Waals surface area contributed by atoms with Gasteiger partial charge in [-0.2, -0.15) is 0 Å². The van der Waals surface area contributed by atoms with Crippen LogP contribution >= 0.6 is 0 Å². The molecular weight excluding hydrogens is 588 g/mol. The fourth-order valence-electron chi connectivity index (χ4n) is 8.31. The van der Waals surface area contributed by atoms with E-state index < -0.39 is 28.8 Å². The molecule has 0 saturated heterocycles. The molecule has 1 heterocycles. The number of hydrogen-bond donors (Lipinski definition) is 7. The van der Waals surface area contributed by atoms with E-state index in [0.29, 0.717) is 64.0 Å². The predicted octanol–water partition coefficient (Wildman–Crippen LogP) is 4.24. The number of aliphatic hydroxyl groups is 4. The molecule has 2 saturated carbocycles. The zero-order chi connectivity index (χ0) is 33.1. The summed E-state index contributed by atoms with van der Waals surface area (Å²) in [7, 11) is 0. The molecule has 250 valence electrons. The number of allylic oxidation sites excluding steroid dienone is 1. The van der Waals surface area contributed by atoms with Crippen molar-refractivity contribution in [1.82, 2.24) is 15.6 Å². The first-order valence-electron chi connectivity index (χ1n) is 17.2. The molecule has 2 fully saturated rings. The Morgan fingerprint density at radius 3 is 2.64 bits per heavy atom. The van der Waals surface area contributed by atoms with Crippen LogP contribution in [0.4, 0.5) is 0 Å². The zero-order valence-electron chi connectivity index (χ0n) is 27.5. The first-order valence-corrected chi connectivity index (χ1v) is 17.2. The Kier molecular flexibility index (Phi) is 9.82. The van der Waals surface area contributed by atoms with Crippen LogP contribution in [0.25, 0.3) is 10.9 Å². The van der Waals surface area contributed by atoms with Crippen molar-refractivity contribution >= 4 is 16.9 Å². The van der Waals surface area contributed by atoms with Gasteiger partial charge in [0.1, 0.15) is 0 Å². The van der Waals surface area contributed by atoms with Gasteiger partial charge in [0.05, 0.1) is 23.3 Å². The minimum absolute atomic E-state index is 0.0451. The van der Waals surface area contributed by atoms with E-state index >= 15 is 0 Å². The molecule has 0 spiro atoms. The van der Waals surface area contributed by atoms with Crippen LogP contribution in [0, 0.1) is 29.1 Å². The zero-order valence-corrected chi connectivity index (χ0v) is 27.5. The van der Waals surface area contributed by atoms with Crippen LogP contribution < -0.4 is 10.6 Å². The molecule has 0 amide bonds. The Bertz CT molecular complexity index is 1610. The lowest BCUT2D eigenvalue weighted by Crippen LogP contribution is -2.53. The van der Waals surface area contributed by atoms with Gasteiger partial charge < -0.3 is 36.0 Å². The van der Waals surface area contributed by atoms with Crippen molar-refractivity contribution in [2.24, 2.45) is 22.2 Å². The SMILES string of the molecule is C=C(Cc1cc2ccccc2[nH]1)C12CC#CC(NC(=NCCCO)NCCc3ccccc3)CC3(O)C(O)CC(C3C1)C(C)(O)CC2. The number of para-hydroxylation sites is 1. The molecule has 3 aromatic rings. The summed E-state index contributed by atoms with van der Waals surface area (Å²) >= 11 is 0. The number of H-pyrrole nitrogens is 1. The molecule has 3 aliphatic rings. The van der Waals surface area contributed by atoms with Gasteiger partial charge in [0.15, 0.2) is 5.96 Å². The van der Waals surface area contributed by atoms with Crippen LogP contribution in [0.15, 0.2) is 77.8 Å². The van der Waals surface area contributed by atoms with Crippen molar-refractivity contribution in [3.8, 4) is 11.8 Å². The van der Waals surface area contributed by atoms with Gasteiger partial charge in [-0.25, -0.2) is 0 Å². The number of aliphatic imine (C=N–C) groups is 1. The van der Waals surface area contributed by atoms with Crippen molar-refractivity contribution in [3.05, 3.63) is 84.1 Å². The minimum Gasteiger partial charge on any atom is -0.396 e. The number of hydrogen-bond acceptors (Lipinski definition) is 5. The summed E-state index contributed by atoms with van der Waals surface area (Å²) in [4.78, 5) is 8.24. The number of aromatic nitrogens is 1. The van der Waals surface area contributed by atoms with Crippen molar-refractivity contribution in [1.29, 1.82) is 0 Å². The summed E-state index contributed by atoms with van der Waals surface area (Å²) in [6.07, 6.45) is 3.94. The maximum atomic E-state index is 12.5. The number of nitrogens with one attached hydrogen (secondary N) is 3. The van der Waals surface area contributed by atoms with Crippen LogP contribution in [0.3, 0.4) is 0 Å². The summed E-state index contributed by atoms with van der Waals surface area (Å²) in [5.41, 5.74) is 1.48. The van der Waals surface area contributed by atoms with Crippen molar-refractivity contribution < 1.29 is 20.4 Å². The molecule has 1 aromatic heterocycles. The molecule has 7 unspecified atom stereocenters. The standard InChI is InChI=1S/C39H50N4O4/c1-27(22-31-23-29-12-6-7-14-34(29)42-31)38-16-8-13-30(25-39(47)33(26-38)32(24-35(39)45)37(2,46)17-18-38)43-36(40-19-9-21-44)41-20-15-28-10-4-3-5-11-28/h3-7,10-12,14,23,30,32-33,35,42,44-47H,1,9,15-22,24-26H2,2H3,(H2,40,41,43). The highest BCUT2D eigenvalue weighted by atomic mass is 16.3. The van der Waals surface area contributed by atoms with Crippen LogP contribution in [0.5, 0.6) is 0 Å². The van der Waals surface area contributed by atoms with Gasteiger partial charge in [-0.15, -0.1) is 5.92 Å². The normalized spacial score (nSPS) is 32.0. The van der Waals surface area contributed by atoms with E-state index in [9.17, 15) is 20.4 Å².